The Hall–Kier alpha value is 0.540. The van der Waals surface area contributed by atoms with Crippen molar-refractivity contribution in [3.05, 3.63) is 0 Å². The largest absolute Gasteiger partial charge is 0.306 e. The molecule has 0 unspecified atom stereocenters. The van der Waals surface area contributed by atoms with Crippen LogP contribution in [0.15, 0.2) is 0 Å². The van der Waals surface area contributed by atoms with Gasteiger partial charge in [0, 0.05) is 19.0 Å². The first kappa shape index (κ1) is 10.5. The molecule has 3 heteroatoms. The van der Waals surface area contributed by atoms with Gasteiger partial charge in [0.1, 0.15) is 0 Å². The van der Waals surface area contributed by atoms with Gasteiger partial charge in [0.05, 0.1) is 0 Å². The van der Waals surface area contributed by atoms with E-state index in [0.717, 1.165) is 11.8 Å². The monoisotopic (exact) mass is 183 g/mol. The lowest BCUT2D eigenvalue weighted by molar-refractivity contribution is 0.126. The lowest BCUT2D eigenvalue weighted by Crippen LogP contribution is -2.43. The minimum Gasteiger partial charge on any atom is -0.306 e. The van der Waals surface area contributed by atoms with E-state index in [2.05, 4.69) is 11.9 Å². The minimum absolute atomic E-state index is 0. The van der Waals surface area contributed by atoms with Gasteiger partial charge in [-0.15, -0.1) is 24.0 Å². The molecule has 1 rings (SSSR count). The Labute approximate surface area is 74.1 Å². The Morgan fingerprint density at radius 1 is 1.50 bits per heavy atom. The molecular formula is C7H15Cl2N. The number of hydrogen-bond donors (Lipinski definition) is 0. The Balaban J connectivity index is 0.000000810. The van der Waals surface area contributed by atoms with Crippen molar-refractivity contribution in [2.75, 3.05) is 26.0 Å². The molecule has 1 aliphatic rings. The molecule has 1 saturated heterocycles. The molecule has 1 aliphatic heterocycles. The van der Waals surface area contributed by atoms with Gasteiger partial charge >= 0.3 is 0 Å². The summed E-state index contributed by atoms with van der Waals surface area (Å²) in [6.07, 6.45) is 2.52. The van der Waals surface area contributed by atoms with Gasteiger partial charge in [0.15, 0.2) is 0 Å². The fourth-order valence-corrected chi connectivity index (χ4v) is 1.53. The van der Waals surface area contributed by atoms with E-state index >= 15 is 0 Å². The van der Waals surface area contributed by atoms with Crippen LogP contribution in [0.5, 0.6) is 0 Å². The number of rotatable bonds is 3. The van der Waals surface area contributed by atoms with Crippen molar-refractivity contribution in [1.82, 2.24) is 4.90 Å². The van der Waals surface area contributed by atoms with Crippen LogP contribution in [0.4, 0.5) is 0 Å². The lowest BCUT2D eigenvalue weighted by Gasteiger charge is -2.36. The van der Waals surface area contributed by atoms with Crippen molar-refractivity contribution in [3.8, 4) is 0 Å². The van der Waals surface area contributed by atoms with Crippen molar-refractivity contribution in [3.63, 3.8) is 0 Å². The van der Waals surface area contributed by atoms with Crippen molar-refractivity contribution >= 4 is 24.0 Å². The molecule has 62 valence electrons. The third-order valence-electron chi connectivity index (χ3n) is 1.89. The molecule has 0 saturated carbocycles. The van der Waals surface area contributed by atoms with Crippen LogP contribution < -0.4 is 0 Å². The molecular weight excluding hydrogens is 169 g/mol. The average molecular weight is 184 g/mol. The molecule has 0 amide bonds. The smallest absolute Gasteiger partial charge is 0.0223 e. The number of likely N-dealkylation sites (tertiary alicyclic amines) is 1. The van der Waals surface area contributed by atoms with Crippen LogP contribution in [0.1, 0.15) is 12.8 Å². The Bertz CT molecular complexity index is 81.7. The van der Waals surface area contributed by atoms with Gasteiger partial charge < -0.3 is 4.90 Å². The van der Waals surface area contributed by atoms with Crippen LogP contribution in [0.2, 0.25) is 0 Å². The zero-order valence-corrected chi connectivity index (χ0v) is 7.92. The Morgan fingerprint density at radius 3 is 2.50 bits per heavy atom. The van der Waals surface area contributed by atoms with Crippen molar-refractivity contribution in [1.29, 1.82) is 0 Å². The highest BCUT2D eigenvalue weighted by Crippen LogP contribution is 2.18. The van der Waals surface area contributed by atoms with E-state index in [1.165, 1.54) is 25.9 Å². The van der Waals surface area contributed by atoms with Crippen LogP contribution >= 0.6 is 24.0 Å². The standard InChI is InChI=1S/C7H14ClN.ClH/c1-9-5-7(6-9)3-2-4-8;/h7H,2-6H2,1H3;1H. The Kier molecular flexibility index (Phi) is 5.51. The van der Waals surface area contributed by atoms with Crippen LogP contribution in [0.3, 0.4) is 0 Å². The highest BCUT2D eigenvalue weighted by molar-refractivity contribution is 6.17. The van der Waals surface area contributed by atoms with E-state index in [1.807, 2.05) is 0 Å². The topological polar surface area (TPSA) is 3.24 Å². The van der Waals surface area contributed by atoms with Crippen LogP contribution in [-0.4, -0.2) is 30.9 Å². The number of alkyl halides is 1. The number of halogens is 2. The fourth-order valence-electron chi connectivity index (χ4n) is 1.38. The molecule has 0 bridgehead atoms. The summed E-state index contributed by atoms with van der Waals surface area (Å²) in [6.45, 7) is 2.58. The highest BCUT2D eigenvalue weighted by Gasteiger charge is 2.21. The second kappa shape index (κ2) is 5.22. The van der Waals surface area contributed by atoms with Crippen molar-refractivity contribution in [2.24, 2.45) is 5.92 Å². The van der Waals surface area contributed by atoms with Gasteiger partial charge in [-0.05, 0) is 25.8 Å². The van der Waals surface area contributed by atoms with Crippen LogP contribution in [0.25, 0.3) is 0 Å². The molecule has 0 N–H and O–H groups in total. The fraction of sp³-hybridized carbons (Fsp3) is 1.00. The number of hydrogen-bond acceptors (Lipinski definition) is 1. The second-order valence-electron chi connectivity index (χ2n) is 2.92. The van der Waals surface area contributed by atoms with Gasteiger partial charge in [-0.2, -0.15) is 0 Å². The molecule has 1 nitrogen and oxygen atoms in total. The first-order chi connectivity index (χ1) is 4.33. The van der Waals surface area contributed by atoms with Gasteiger partial charge in [0.2, 0.25) is 0 Å². The summed E-state index contributed by atoms with van der Waals surface area (Å²) >= 11 is 5.55. The number of nitrogens with zero attached hydrogens (tertiary/aromatic N) is 1. The van der Waals surface area contributed by atoms with E-state index in [0.29, 0.717) is 0 Å². The average Bonchev–Trinajstić information content (AvgIpc) is 1.78. The highest BCUT2D eigenvalue weighted by atomic mass is 35.5. The maximum Gasteiger partial charge on any atom is 0.0223 e. The molecule has 0 spiro atoms. The van der Waals surface area contributed by atoms with Crippen LogP contribution in [0, 0.1) is 5.92 Å². The molecule has 10 heavy (non-hydrogen) atoms. The summed E-state index contributed by atoms with van der Waals surface area (Å²) in [5.41, 5.74) is 0. The van der Waals surface area contributed by atoms with Crippen molar-refractivity contribution in [2.45, 2.75) is 12.8 Å². The van der Waals surface area contributed by atoms with E-state index in [9.17, 15) is 0 Å². The summed E-state index contributed by atoms with van der Waals surface area (Å²) in [5, 5.41) is 0. The maximum atomic E-state index is 5.55. The summed E-state index contributed by atoms with van der Waals surface area (Å²) in [6, 6.07) is 0. The molecule has 0 aliphatic carbocycles. The van der Waals surface area contributed by atoms with Gasteiger partial charge in [0.25, 0.3) is 0 Å². The summed E-state index contributed by atoms with van der Waals surface area (Å²) in [4.78, 5) is 2.35. The Morgan fingerprint density at radius 2 is 2.10 bits per heavy atom. The SMILES string of the molecule is CN1CC(CCCCl)C1.Cl. The molecule has 1 fully saturated rings. The third-order valence-corrected chi connectivity index (χ3v) is 2.15. The quantitative estimate of drug-likeness (QED) is 0.606. The molecule has 0 radical (unpaired) electrons. The van der Waals surface area contributed by atoms with Crippen LogP contribution in [-0.2, 0) is 0 Å². The molecule has 0 aromatic carbocycles. The molecule has 0 aromatic rings. The third kappa shape index (κ3) is 3.09. The van der Waals surface area contributed by atoms with Gasteiger partial charge in [-0.25, -0.2) is 0 Å². The van der Waals surface area contributed by atoms with E-state index in [1.54, 1.807) is 0 Å². The van der Waals surface area contributed by atoms with Gasteiger partial charge in [-0.3, -0.25) is 0 Å². The molecule has 0 aromatic heterocycles. The normalized spacial score (nSPS) is 19.8. The summed E-state index contributed by atoms with van der Waals surface area (Å²) in [7, 11) is 2.16. The summed E-state index contributed by atoms with van der Waals surface area (Å²) < 4.78 is 0. The first-order valence-corrected chi connectivity index (χ1v) is 4.11. The van der Waals surface area contributed by atoms with E-state index in [4.69, 9.17) is 11.6 Å². The van der Waals surface area contributed by atoms with Gasteiger partial charge in [-0.1, -0.05) is 0 Å². The maximum absolute atomic E-state index is 5.55. The predicted molar refractivity (Wildman–Crippen MR) is 48.2 cm³/mol. The second-order valence-corrected chi connectivity index (χ2v) is 3.30. The summed E-state index contributed by atoms with van der Waals surface area (Å²) in [5.74, 6) is 1.79. The zero-order valence-electron chi connectivity index (χ0n) is 6.35. The lowest BCUT2D eigenvalue weighted by atomic mass is 9.96. The molecule has 1 heterocycles. The first-order valence-electron chi connectivity index (χ1n) is 3.57. The zero-order chi connectivity index (χ0) is 6.69. The minimum atomic E-state index is 0. The molecule has 0 atom stereocenters. The van der Waals surface area contributed by atoms with E-state index in [-0.39, 0.29) is 12.4 Å². The van der Waals surface area contributed by atoms with E-state index < -0.39 is 0 Å². The predicted octanol–water partition coefficient (Wildman–Crippen LogP) is 1.99. The van der Waals surface area contributed by atoms with Crippen molar-refractivity contribution < 1.29 is 0 Å².